The van der Waals surface area contributed by atoms with Gasteiger partial charge in [-0.25, -0.2) is 4.79 Å². The van der Waals surface area contributed by atoms with Crippen molar-refractivity contribution in [2.45, 2.75) is 6.92 Å². The second-order valence-corrected chi connectivity index (χ2v) is 5.99. The zero-order chi connectivity index (χ0) is 17.8. The van der Waals surface area contributed by atoms with Gasteiger partial charge in [-0.15, -0.1) is 0 Å². The number of nitrogens with one attached hydrogen (secondary N) is 1. The Morgan fingerprint density at radius 2 is 2.04 bits per heavy atom. The van der Waals surface area contributed by atoms with Crippen LogP contribution in [-0.4, -0.2) is 25.1 Å². The van der Waals surface area contributed by atoms with Crippen LogP contribution in [0, 0.1) is 6.92 Å². The van der Waals surface area contributed by atoms with E-state index in [2.05, 4.69) is 5.32 Å². The number of hydrogen-bond acceptors (Lipinski definition) is 4. The summed E-state index contributed by atoms with van der Waals surface area (Å²) in [5, 5.41) is 3.19. The Morgan fingerprint density at radius 1 is 1.24 bits per heavy atom. The summed E-state index contributed by atoms with van der Waals surface area (Å²) in [6, 6.07) is 12.6. The van der Waals surface area contributed by atoms with Gasteiger partial charge in [0, 0.05) is 16.3 Å². The summed E-state index contributed by atoms with van der Waals surface area (Å²) >= 11 is 6.01. The van der Waals surface area contributed by atoms with Gasteiger partial charge in [0.1, 0.15) is 12.4 Å². The molecule has 0 radical (unpaired) electrons. The molecule has 1 aliphatic rings. The lowest BCUT2D eigenvalue weighted by atomic mass is 10.1. The molecule has 25 heavy (non-hydrogen) atoms. The van der Waals surface area contributed by atoms with E-state index in [0.29, 0.717) is 22.0 Å². The van der Waals surface area contributed by atoms with Gasteiger partial charge >= 0.3 is 5.97 Å². The van der Waals surface area contributed by atoms with Gasteiger partial charge in [-0.1, -0.05) is 35.9 Å². The molecule has 128 valence electrons. The molecule has 5 nitrogen and oxygen atoms in total. The Balaban J connectivity index is 1.56. The Hall–Kier alpha value is -2.79. The first-order valence-electron chi connectivity index (χ1n) is 7.68. The average molecular weight is 358 g/mol. The van der Waals surface area contributed by atoms with Crippen LogP contribution in [0.15, 0.2) is 48.0 Å². The van der Waals surface area contributed by atoms with E-state index >= 15 is 0 Å². The van der Waals surface area contributed by atoms with Crippen LogP contribution in [0.3, 0.4) is 0 Å². The van der Waals surface area contributed by atoms with Gasteiger partial charge in [0.05, 0.1) is 5.57 Å². The number of aryl methyl sites for hydroxylation is 1. The van der Waals surface area contributed by atoms with Crippen LogP contribution in [0.2, 0.25) is 5.02 Å². The summed E-state index contributed by atoms with van der Waals surface area (Å²) in [6.45, 7) is 1.60. The molecule has 0 atom stereocenters. The monoisotopic (exact) mass is 357 g/mol. The van der Waals surface area contributed by atoms with Gasteiger partial charge in [-0.3, -0.25) is 4.79 Å². The molecule has 0 aromatic heterocycles. The summed E-state index contributed by atoms with van der Waals surface area (Å²) in [5.41, 5.74) is 2.63. The molecule has 2 aromatic carbocycles. The molecule has 0 saturated carbocycles. The first-order valence-corrected chi connectivity index (χ1v) is 8.06. The molecule has 1 amide bonds. The third kappa shape index (κ3) is 4.19. The van der Waals surface area contributed by atoms with Crippen molar-refractivity contribution in [3.05, 3.63) is 64.2 Å². The Labute approximate surface area is 150 Å². The van der Waals surface area contributed by atoms with E-state index in [1.54, 1.807) is 24.3 Å². The zero-order valence-corrected chi connectivity index (χ0v) is 14.3. The standard InChI is InChI=1S/C19H16ClNO4/c1-12-6-7-15(9-16(12)20)21-18(22)11-25-19(23)14-8-13-4-2-3-5-17(13)24-10-14/h2-9H,10-11H2,1H3,(H,21,22). The van der Waals surface area contributed by atoms with Gasteiger partial charge in [0.25, 0.3) is 5.91 Å². The zero-order valence-electron chi connectivity index (χ0n) is 13.5. The number of carbonyl (C=O) groups is 2. The quantitative estimate of drug-likeness (QED) is 0.849. The smallest absolute Gasteiger partial charge is 0.338 e. The first kappa shape index (κ1) is 17.0. The molecule has 0 unspecified atom stereocenters. The molecule has 0 fully saturated rings. The fraction of sp³-hybridized carbons (Fsp3) is 0.158. The third-order valence-electron chi connectivity index (χ3n) is 3.68. The van der Waals surface area contributed by atoms with Crippen LogP contribution in [0.5, 0.6) is 5.75 Å². The predicted molar refractivity (Wildman–Crippen MR) is 95.7 cm³/mol. The summed E-state index contributed by atoms with van der Waals surface area (Å²) < 4.78 is 10.6. The molecule has 2 aromatic rings. The molecule has 0 bridgehead atoms. The fourth-order valence-corrected chi connectivity index (χ4v) is 2.51. The maximum Gasteiger partial charge on any atom is 0.338 e. The molecule has 0 saturated heterocycles. The highest BCUT2D eigenvalue weighted by Gasteiger charge is 2.19. The number of halogens is 1. The SMILES string of the molecule is Cc1ccc(NC(=O)COC(=O)C2=Cc3ccccc3OC2)cc1Cl. The molecular weight excluding hydrogens is 342 g/mol. The highest BCUT2D eigenvalue weighted by molar-refractivity contribution is 6.31. The first-order chi connectivity index (χ1) is 12.0. The van der Waals surface area contributed by atoms with Gasteiger partial charge in [-0.05, 0) is 36.8 Å². The minimum Gasteiger partial charge on any atom is -0.488 e. The van der Waals surface area contributed by atoms with Crippen molar-refractivity contribution >= 4 is 35.2 Å². The minimum absolute atomic E-state index is 0.116. The van der Waals surface area contributed by atoms with Gasteiger partial charge in [0.15, 0.2) is 6.61 Å². The topological polar surface area (TPSA) is 64.6 Å². The maximum absolute atomic E-state index is 12.1. The van der Waals surface area contributed by atoms with Crippen LogP contribution in [0.25, 0.3) is 6.08 Å². The van der Waals surface area contributed by atoms with Crippen LogP contribution < -0.4 is 10.1 Å². The Kier molecular flexibility index (Phi) is 5.05. The normalized spacial score (nSPS) is 12.5. The number of carbonyl (C=O) groups excluding carboxylic acids is 2. The van der Waals surface area contributed by atoms with Gasteiger partial charge in [0.2, 0.25) is 0 Å². The van der Waals surface area contributed by atoms with Crippen molar-refractivity contribution in [2.24, 2.45) is 0 Å². The summed E-state index contributed by atoms with van der Waals surface area (Å²) in [6.07, 6.45) is 1.71. The largest absolute Gasteiger partial charge is 0.488 e. The van der Waals surface area contributed by atoms with E-state index in [0.717, 1.165) is 11.1 Å². The van der Waals surface area contributed by atoms with E-state index in [1.807, 2.05) is 31.2 Å². The summed E-state index contributed by atoms with van der Waals surface area (Å²) in [7, 11) is 0. The van der Waals surface area contributed by atoms with Crippen LogP contribution in [0.1, 0.15) is 11.1 Å². The maximum atomic E-state index is 12.1. The van der Waals surface area contributed by atoms with Gasteiger partial charge < -0.3 is 14.8 Å². The Morgan fingerprint density at radius 3 is 2.84 bits per heavy atom. The van der Waals surface area contributed by atoms with E-state index in [-0.39, 0.29) is 13.2 Å². The third-order valence-corrected chi connectivity index (χ3v) is 4.09. The van der Waals surface area contributed by atoms with Crippen molar-refractivity contribution in [3.8, 4) is 5.75 Å². The average Bonchev–Trinajstić information content (AvgIpc) is 2.62. The molecular formula is C19H16ClNO4. The lowest BCUT2D eigenvalue weighted by Gasteiger charge is -2.16. The van der Waals surface area contributed by atoms with Gasteiger partial charge in [-0.2, -0.15) is 0 Å². The van der Waals surface area contributed by atoms with Crippen molar-refractivity contribution in [3.63, 3.8) is 0 Å². The van der Waals surface area contributed by atoms with Crippen molar-refractivity contribution in [1.82, 2.24) is 0 Å². The number of benzene rings is 2. The number of para-hydroxylation sites is 1. The molecule has 1 aliphatic heterocycles. The van der Waals surface area contributed by atoms with Crippen molar-refractivity contribution in [1.29, 1.82) is 0 Å². The number of amides is 1. The summed E-state index contributed by atoms with van der Waals surface area (Å²) in [4.78, 5) is 24.0. The molecule has 0 spiro atoms. The Bertz CT molecular complexity index is 860. The van der Waals surface area contributed by atoms with Crippen LogP contribution >= 0.6 is 11.6 Å². The second-order valence-electron chi connectivity index (χ2n) is 5.58. The van der Waals surface area contributed by atoms with E-state index in [4.69, 9.17) is 21.1 Å². The predicted octanol–water partition coefficient (Wildman–Crippen LogP) is 3.61. The molecule has 3 rings (SSSR count). The summed E-state index contributed by atoms with van der Waals surface area (Å²) in [5.74, 6) is -0.300. The number of rotatable bonds is 4. The van der Waals surface area contributed by atoms with Crippen molar-refractivity contribution < 1.29 is 19.1 Å². The van der Waals surface area contributed by atoms with Crippen molar-refractivity contribution in [2.75, 3.05) is 18.5 Å². The number of anilines is 1. The minimum atomic E-state index is -0.577. The lowest BCUT2D eigenvalue weighted by molar-refractivity contribution is -0.143. The van der Waals surface area contributed by atoms with E-state index < -0.39 is 11.9 Å². The lowest BCUT2D eigenvalue weighted by Crippen LogP contribution is -2.23. The highest BCUT2D eigenvalue weighted by atomic mass is 35.5. The number of ether oxygens (including phenoxy) is 2. The van der Waals surface area contributed by atoms with E-state index in [1.165, 1.54) is 0 Å². The van der Waals surface area contributed by atoms with E-state index in [9.17, 15) is 9.59 Å². The molecule has 1 N–H and O–H groups in total. The number of fused-ring (bicyclic) bond motifs is 1. The fourth-order valence-electron chi connectivity index (χ4n) is 2.33. The number of hydrogen-bond donors (Lipinski definition) is 1. The van der Waals surface area contributed by atoms with Crippen LogP contribution in [-0.2, 0) is 14.3 Å². The second kappa shape index (κ2) is 7.40. The molecule has 1 heterocycles. The number of esters is 1. The molecule has 0 aliphatic carbocycles. The van der Waals surface area contributed by atoms with Crippen LogP contribution in [0.4, 0.5) is 5.69 Å². The highest BCUT2D eigenvalue weighted by Crippen LogP contribution is 2.26. The molecule has 6 heteroatoms.